The molecule has 0 bridgehead atoms. The van der Waals surface area contributed by atoms with Crippen LogP contribution >= 0.6 is 0 Å². The van der Waals surface area contributed by atoms with Gasteiger partial charge in [0.05, 0.1) is 18.8 Å². The Morgan fingerprint density at radius 1 is 1.30 bits per heavy atom. The van der Waals surface area contributed by atoms with Crippen molar-refractivity contribution in [1.29, 1.82) is 0 Å². The van der Waals surface area contributed by atoms with E-state index in [4.69, 9.17) is 4.74 Å². The van der Waals surface area contributed by atoms with Crippen LogP contribution in [0, 0.1) is 0 Å². The van der Waals surface area contributed by atoms with Crippen molar-refractivity contribution < 1.29 is 9.64 Å². The van der Waals surface area contributed by atoms with Crippen molar-refractivity contribution in [2.45, 2.75) is 38.8 Å². The molecule has 1 aliphatic heterocycles. The lowest BCUT2D eigenvalue weighted by Gasteiger charge is -2.32. The molecular weight excluding hydrogens is 292 g/mol. The van der Waals surface area contributed by atoms with Gasteiger partial charge in [-0.1, -0.05) is 13.0 Å². The minimum Gasteiger partial charge on any atom is -0.370 e. The van der Waals surface area contributed by atoms with Crippen LogP contribution in [0.2, 0.25) is 0 Å². The molecule has 1 aliphatic rings. The summed E-state index contributed by atoms with van der Waals surface area (Å²) in [5.41, 5.74) is 0.879. The number of pyridine rings is 1. The van der Waals surface area contributed by atoms with Gasteiger partial charge in [-0.05, 0) is 42.8 Å². The molecule has 7 nitrogen and oxygen atoms in total. The number of hydrogen-bond acceptors (Lipinski definition) is 5. The van der Waals surface area contributed by atoms with Crippen molar-refractivity contribution in [2.75, 3.05) is 26.3 Å². The molecule has 2 aromatic heterocycles. The topological polar surface area (TPSA) is 70.2 Å². The van der Waals surface area contributed by atoms with Gasteiger partial charge >= 0.3 is 0 Å². The number of nitrogens with zero attached hydrogens (tertiary/aromatic N) is 5. The summed E-state index contributed by atoms with van der Waals surface area (Å²) in [6.45, 7) is 9.87. The molecule has 0 aromatic carbocycles. The SMILES string of the molecule is CCC(C)(C)n1nnnc1[C@@H](c1ccccn1)[NH+]1CCOCC1. The molecule has 0 amide bonds. The van der Waals surface area contributed by atoms with E-state index in [1.165, 1.54) is 4.90 Å². The number of quaternary nitrogens is 1. The zero-order valence-electron chi connectivity index (χ0n) is 14.1. The molecule has 1 fully saturated rings. The van der Waals surface area contributed by atoms with E-state index < -0.39 is 0 Å². The standard InChI is InChI=1S/C16H24N6O/c1-4-16(2,3)22-15(18-19-20-22)14(13-7-5-6-8-17-13)21-9-11-23-12-10-21/h5-8,14H,4,9-12H2,1-3H3/p+1/t14-/m1/s1. The number of aromatic nitrogens is 5. The van der Waals surface area contributed by atoms with Gasteiger partial charge in [0, 0.05) is 6.20 Å². The van der Waals surface area contributed by atoms with Crippen LogP contribution in [0.3, 0.4) is 0 Å². The highest BCUT2D eigenvalue weighted by atomic mass is 16.5. The highest BCUT2D eigenvalue weighted by Gasteiger charge is 2.36. The highest BCUT2D eigenvalue weighted by Crippen LogP contribution is 2.23. The number of rotatable bonds is 5. The molecular formula is C16H25N6O+. The van der Waals surface area contributed by atoms with Crippen molar-refractivity contribution in [2.24, 2.45) is 0 Å². The van der Waals surface area contributed by atoms with Gasteiger partial charge in [-0.3, -0.25) is 4.98 Å². The molecule has 3 rings (SSSR count). The van der Waals surface area contributed by atoms with Crippen LogP contribution in [0.25, 0.3) is 0 Å². The summed E-state index contributed by atoms with van der Waals surface area (Å²) in [6.07, 6.45) is 2.79. The summed E-state index contributed by atoms with van der Waals surface area (Å²) >= 11 is 0. The molecule has 0 radical (unpaired) electrons. The Bertz CT molecular complexity index is 621. The van der Waals surface area contributed by atoms with Crippen LogP contribution in [0.15, 0.2) is 24.4 Å². The predicted molar refractivity (Wildman–Crippen MR) is 85.0 cm³/mol. The largest absolute Gasteiger partial charge is 0.370 e. The van der Waals surface area contributed by atoms with Crippen LogP contribution in [0.4, 0.5) is 0 Å². The van der Waals surface area contributed by atoms with Gasteiger partial charge < -0.3 is 9.64 Å². The lowest BCUT2D eigenvalue weighted by Crippen LogP contribution is -3.14. The average molecular weight is 317 g/mol. The first-order chi connectivity index (χ1) is 11.1. The average Bonchev–Trinajstić information content (AvgIpc) is 3.07. The van der Waals surface area contributed by atoms with E-state index in [1.807, 2.05) is 23.0 Å². The Morgan fingerprint density at radius 2 is 2.09 bits per heavy atom. The molecule has 1 N–H and O–H groups in total. The van der Waals surface area contributed by atoms with Gasteiger partial charge in [0.2, 0.25) is 5.82 Å². The fourth-order valence-corrected chi connectivity index (χ4v) is 2.95. The van der Waals surface area contributed by atoms with Crippen molar-refractivity contribution in [1.82, 2.24) is 25.2 Å². The van der Waals surface area contributed by atoms with E-state index in [2.05, 4.69) is 47.3 Å². The van der Waals surface area contributed by atoms with Crippen LogP contribution in [0.5, 0.6) is 0 Å². The number of tetrazole rings is 1. The molecule has 0 spiro atoms. The second kappa shape index (κ2) is 6.72. The maximum atomic E-state index is 5.52. The van der Waals surface area contributed by atoms with Gasteiger partial charge in [-0.25, -0.2) is 4.68 Å². The Morgan fingerprint density at radius 3 is 2.74 bits per heavy atom. The Labute approximate surface area is 136 Å². The first kappa shape index (κ1) is 16.0. The smallest absolute Gasteiger partial charge is 0.216 e. The first-order valence-corrected chi connectivity index (χ1v) is 8.25. The summed E-state index contributed by atoms with van der Waals surface area (Å²) in [4.78, 5) is 5.99. The molecule has 0 saturated carbocycles. The van der Waals surface area contributed by atoms with E-state index in [1.54, 1.807) is 0 Å². The third kappa shape index (κ3) is 3.25. The summed E-state index contributed by atoms with van der Waals surface area (Å²) in [7, 11) is 0. The fraction of sp³-hybridized carbons (Fsp3) is 0.625. The second-order valence-corrected chi connectivity index (χ2v) is 6.57. The lowest BCUT2D eigenvalue weighted by molar-refractivity contribution is -0.934. The summed E-state index contributed by atoms with van der Waals surface area (Å²) < 4.78 is 7.49. The van der Waals surface area contributed by atoms with E-state index in [-0.39, 0.29) is 11.6 Å². The third-order valence-corrected chi connectivity index (χ3v) is 4.72. The first-order valence-electron chi connectivity index (χ1n) is 8.25. The lowest BCUT2D eigenvalue weighted by atomic mass is 10.0. The van der Waals surface area contributed by atoms with Crippen LogP contribution in [-0.4, -0.2) is 51.5 Å². The number of morpholine rings is 1. The summed E-state index contributed by atoms with van der Waals surface area (Å²) in [5, 5.41) is 12.6. The Hall–Kier alpha value is -1.86. The van der Waals surface area contributed by atoms with Gasteiger partial charge in [-0.15, -0.1) is 5.10 Å². The van der Waals surface area contributed by atoms with Gasteiger partial charge in [0.15, 0.2) is 6.04 Å². The zero-order valence-corrected chi connectivity index (χ0v) is 14.1. The third-order valence-electron chi connectivity index (χ3n) is 4.72. The number of nitrogens with one attached hydrogen (secondary N) is 1. The Balaban J connectivity index is 2.04. The maximum absolute atomic E-state index is 5.52. The monoisotopic (exact) mass is 317 g/mol. The fourth-order valence-electron chi connectivity index (χ4n) is 2.95. The van der Waals surface area contributed by atoms with E-state index in [0.717, 1.165) is 44.2 Å². The molecule has 1 saturated heterocycles. The van der Waals surface area contributed by atoms with Crippen molar-refractivity contribution in [3.8, 4) is 0 Å². The minimum atomic E-state index is -0.127. The van der Waals surface area contributed by atoms with Crippen LogP contribution in [-0.2, 0) is 10.3 Å². The number of hydrogen-bond donors (Lipinski definition) is 1. The van der Waals surface area contributed by atoms with Crippen molar-refractivity contribution in [3.05, 3.63) is 35.9 Å². The molecule has 23 heavy (non-hydrogen) atoms. The van der Waals surface area contributed by atoms with Crippen molar-refractivity contribution >= 4 is 0 Å². The molecule has 0 unspecified atom stereocenters. The van der Waals surface area contributed by atoms with Gasteiger partial charge in [-0.2, -0.15) is 0 Å². The summed E-state index contributed by atoms with van der Waals surface area (Å²) in [6, 6.07) is 6.05. The highest BCUT2D eigenvalue weighted by molar-refractivity contribution is 5.14. The molecule has 0 aliphatic carbocycles. The van der Waals surface area contributed by atoms with Crippen molar-refractivity contribution in [3.63, 3.8) is 0 Å². The van der Waals surface area contributed by atoms with Gasteiger partial charge in [0.25, 0.3) is 0 Å². The van der Waals surface area contributed by atoms with E-state index in [0.29, 0.717) is 0 Å². The van der Waals surface area contributed by atoms with E-state index >= 15 is 0 Å². The minimum absolute atomic E-state index is 0.0286. The molecule has 124 valence electrons. The van der Waals surface area contributed by atoms with E-state index in [9.17, 15) is 0 Å². The second-order valence-electron chi connectivity index (χ2n) is 6.57. The zero-order chi connectivity index (χ0) is 16.3. The predicted octanol–water partition coefficient (Wildman–Crippen LogP) is 0.218. The maximum Gasteiger partial charge on any atom is 0.216 e. The number of ether oxygens (including phenoxy) is 1. The normalized spacial score (nSPS) is 18.0. The molecule has 2 aromatic rings. The quantitative estimate of drug-likeness (QED) is 0.854. The Kier molecular flexibility index (Phi) is 4.68. The van der Waals surface area contributed by atoms with Crippen LogP contribution in [0.1, 0.15) is 44.8 Å². The molecule has 3 heterocycles. The molecule has 1 atom stereocenters. The van der Waals surface area contributed by atoms with Gasteiger partial charge in [0.1, 0.15) is 18.8 Å². The molecule has 7 heteroatoms. The summed E-state index contributed by atoms with van der Waals surface area (Å²) in [5.74, 6) is 0.882. The van der Waals surface area contributed by atoms with Crippen LogP contribution < -0.4 is 4.90 Å².